The highest BCUT2D eigenvalue weighted by Gasteiger charge is 2.11. The third-order valence-electron chi connectivity index (χ3n) is 3.06. The fraction of sp³-hybridized carbons (Fsp3) is 0.312. The van der Waals surface area contributed by atoms with E-state index < -0.39 is 0 Å². The first-order valence-corrected chi connectivity index (χ1v) is 7.74. The highest BCUT2D eigenvalue weighted by atomic mass is 32.1. The number of benzene rings is 1. The number of hydrogen-bond acceptors (Lipinski definition) is 5. The van der Waals surface area contributed by atoms with Crippen LogP contribution in [0.3, 0.4) is 0 Å². The van der Waals surface area contributed by atoms with Gasteiger partial charge >= 0.3 is 0 Å². The Morgan fingerprint density at radius 3 is 2.57 bits per heavy atom. The van der Waals surface area contributed by atoms with Gasteiger partial charge in [-0.2, -0.15) is 0 Å². The fourth-order valence-corrected chi connectivity index (χ4v) is 2.82. The van der Waals surface area contributed by atoms with Gasteiger partial charge in [0.05, 0.1) is 11.0 Å². The molecule has 2 heterocycles. The predicted molar refractivity (Wildman–Crippen MR) is 87.2 cm³/mol. The molecular formula is C16H18N4S. The highest BCUT2D eigenvalue weighted by Crippen LogP contribution is 2.27. The topological polar surface area (TPSA) is 50.7 Å². The van der Waals surface area contributed by atoms with Crippen molar-refractivity contribution >= 4 is 22.4 Å². The van der Waals surface area contributed by atoms with Crippen LogP contribution in [0.2, 0.25) is 0 Å². The summed E-state index contributed by atoms with van der Waals surface area (Å²) in [6.07, 6.45) is 5.37. The molecule has 4 nitrogen and oxygen atoms in total. The zero-order valence-corrected chi connectivity index (χ0v) is 13.2. The number of nitrogens with one attached hydrogen (secondary N) is 1. The van der Waals surface area contributed by atoms with Gasteiger partial charge < -0.3 is 5.32 Å². The molecule has 5 heteroatoms. The first kappa shape index (κ1) is 14.1. The summed E-state index contributed by atoms with van der Waals surface area (Å²) in [5.41, 5.74) is 3.02. The lowest BCUT2D eigenvalue weighted by atomic mass is 10.1. The molecule has 3 rings (SSSR count). The summed E-state index contributed by atoms with van der Waals surface area (Å²) in [5.74, 6) is 0. The van der Waals surface area contributed by atoms with Crippen LogP contribution in [0.15, 0.2) is 36.8 Å². The van der Waals surface area contributed by atoms with Crippen LogP contribution in [-0.2, 0) is 6.54 Å². The number of thiazole rings is 1. The Balaban J connectivity index is 1.84. The molecule has 1 N–H and O–H groups in total. The quantitative estimate of drug-likeness (QED) is 0.802. The van der Waals surface area contributed by atoms with Gasteiger partial charge in [0, 0.05) is 41.1 Å². The lowest BCUT2D eigenvalue weighted by molar-refractivity contribution is 0.426. The normalized spacial score (nSPS) is 12.0. The molecule has 2 aromatic heterocycles. The monoisotopic (exact) mass is 298 g/mol. The first-order valence-electron chi connectivity index (χ1n) is 6.92. The van der Waals surface area contributed by atoms with E-state index in [9.17, 15) is 0 Å². The Labute approximate surface area is 128 Å². The Kier molecular flexibility index (Phi) is 3.69. The summed E-state index contributed by atoms with van der Waals surface area (Å²) in [7, 11) is 0. The maximum absolute atomic E-state index is 4.52. The average Bonchev–Trinajstić information content (AvgIpc) is 2.93. The van der Waals surface area contributed by atoms with Crippen LogP contribution >= 0.6 is 11.3 Å². The summed E-state index contributed by atoms with van der Waals surface area (Å²) in [5, 5.41) is 4.50. The van der Waals surface area contributed by atoms with E-state index in [4.69, 9.17) is 0 Å². The molecule has 0 aliphatic heterocycles. The largest absolute Gasteiger partial charge is 0.307 e. The Bertz CT molecular complexity index is 758. The SMILES string of the molecule is CC(C)(C)NCc1cnc(-c2ccc3nccnc3c2)s1. The molecule has 0 radical (unpaired) electrons. The molecule has 108 valence electrons. The van der Waals surface area contributed by atoms with Crippen molar-refractivity contribution in [2.45, 2.75) is 32.9 Å². The third-order valence-corrected chi connectivity index (χ3v) is 4.11. The van der Waals surface area contributed by atoms with Gasteiger partial charge in [-0.3, -0.25) is 9.97 Å². The summed E-state index contributed by atoms with van der Waals surface area (Å²) >= 11 is 1.71. The molecule has 0 bridgehead atoms. The standard InChI is InChI=1S/C16H18N4S/c1-16(2,3)20-10-12-9-19-15(21-12)11-4-5-13-14(8-11)18-7-6-17-13/h4-9,20H,10H2,1-3H3. The lowest BCUT2D eigenvalue weighted by Gasteiger charge is -2.19. The first-order chi connectivity index (χ1) is 10.0. The summed E-state index contributed by atoms with van der Waals surface area (Å²) in [6.45, 7) is 7.33. The van der Waals surface area contributed by atoms with Crippen LogP contribution in [0, 0.1) is 0 Å². The molecule has 1 aromatic carbocycles. The third kappa shape index (κ3) is 3.43. The number of hydrogen-bond donors (Lipinski definition) is 1. The van der Waals surface area contributed by atoms with Gasteiger partial charge in [0.1, 0.15) is 5.01 Å². The molecule has 0 aliphatic carbocycles. The second-order valence-corrected chi connectivity index (χ2v) is 7.11. The van der Waals surface area contributed by atoms with Gasteiger partial charge in [-0.05, 0) is 39.0 Å². The van der Waals surface area contributed by atoms with Crippen molar-refractivity contribution in [3.8, 4) is 10.6 Å². The van der Waals surface area contributed by atoms with Gasteiger partial charge in [-0.25, -0.2) is 4.98 Å². The van der Waals surface area contributed by atoms with Crippen LogP contribution in [0.25, 0.3) is 21.6 Å². The lowest BCUT2D eigenvalue weighted by Crippen LogP contribution is -2.34. The summed E-state index contributed by atoms with van der Waals surface area (Å²) in [4.78, 5) is 14.4. The van der Waals surface area contributed by atoms with Crippen molar-refractivity contribution < 1.29 is 0 Å². The van der Waals surface area contributed by atoms with Crippen LogP contribution in [0.1, 0.15) is 25.6 Å². The minimum Gasteiger partial charge on any atom is -0.307 e. The number of nitrogens with zero attached hydrogens (tertiary/aromatic N) is 3. The van der Waals surface area contributed by atoms with Crippen molar-refractivity contribution in [1.82, 2.24) is 20.3 Å². The van der Waals surface area contributed by atoms with E-state index in [1.54, 1.807) is 23.7 Å². The summed E-state index contributed by atoms with van der Waals surface area (Å²) in [6, 6.07) is 6.09. The number of fused-ring (bicyclic) bond motifs is 1. The average molecular weight is 298 g/mol. The smallest absolute Gasteiger partial charge is 0.123 e. The molecular weight excluding hydrogens is 280 g/mol. The minimum absolute atomic E-state index is 0.114. The number of rotatable bonds is 3. The van der Waals surface area contributed by atoms with Crippen LogP contribution in [-0.4, -0.2) is 20.5 Å². The van der Waals surface area contributed by atoms with E-state index in [2.05, 4.69) is 47.1 Å². The van der Waals surface area contributed by atoms with Gasteiger partial charge in [-0.1, -0.05) is 0 Å². The molecule has 0 aliphatic rings. The molecule has 0 spiro atoms. The van der Waals surface area contributed by atoms with E-state index in [-0.39, 0.29) is 5.54 Å². The van der Waals surface area contributed by atoms with Gasteiger partial charge in [0.15, 0.2) is 0 Å². The van der Waals surface area contributed by atoms with E-state index in [0.717, 1.165) is 28.1 Å². The van der Waals surface area contributed by atoms with Gasteiger partial charge in [0.25, 0.3) is 0 Å². The van der Waals surface area contributed by atoms with Crippen molar-refractivity contribution in [2.75, 3.05) is 0 Å². The molecule has 21 heavy (non-hydrogen) atoms. The second kappa shape index (κ2) is 5.50. The molecule has 0 saturated heterocycles. The minimum atomic E-state index is 0.114. The van der Waals surface area contributed by atoms with E-state index in [0.29, 0.717) is 0 Å². The van der Waals surface area contributed by atoms with Crippen LogP contribution < -0.4 is 5.32 Å². The summed E-state index contributed by atoms with van der Waals surface area (Å²) < 4.78 is 0. The maximum Gasteiger partial charge on any atom is 0.123 e. The highest BCUT2D eigenvalue weighted by molar-refractivity contribution is 7.15. The second-order valence-electron chi connectivity index (χ2n) is 6.00. The van der Waals surface area contributed by atoms with Gasteiger partial charge in [-0.15, -0.1) is 11.3 Å². The van der Waals surface area contributed by atoms with E-state index >= 15 is 0 Å². The fourth-order valence-electron chi connectivity index (χ4n) is 1.97. The Morgan fingerprint density at radius 1 is 1.05 bits per heavy atom. The predicted octanol–water partition coefficient (Wildman–Crippen LogP) is 3.64. The van der Waals surface area contributed by atoms with Crippen LogP contribution in [0.5, 0.6) is 0 Å². The number of aromatic nitrogens is 3. The van der Waals surface area contributed by atoms with Crippen molar-refractivity contribution in [1.29, 1.82) is 0 Å². The molecule has 0 unspecified atom stereocenters. The Hall–Kier alpha value is -1.85. The molecule has 0 atom stereocenters. The zero-order valence-electron chi connectivity index (χ0n) is 12.4. The van der Waals surface area contributed by atoms with Crippen molar-refractivity contribution in [3.05, 3.63) is 41.7 Å². The molecule has 3 aromatic rings. The van der Waals surface area contributed by atoms with Gasteiger partial charge in [0.2, 0.25) is 0 Å². The van der Waals surface area contributed by atoms with E-state index in [1.807, 2.05) is 18.3 Å². The van der Waals surface area contributed by atoms with Crippen molar-refractivity contribution in [2.24, 2.45) is 0 Å². The zero-order chi connectivity index (χ0) is 14.9. The molecule has 0 fully saturated rings. The van der Waals surface area contributed by atoms with Crippen LogP contribution in [0.4, 0.5) is 0 Å². The maximum atomic E-state index is 4.52. The van der Waals surface area contributed by atoms with E-state index in [1.165, 1.54) is 4.88 Å². The van der Waals surface area contributed by atoms with Crippen molar-refractivity contribution in [3.63, 3.8) is 0 Å². The molecule has 0 amide bonds. The Morgan fingerprint density at radius 2 is 1.81 bits per heavy atom. The molecule has 0 saturated carbocycles.